The number of benzene rings is 4. The molecule has 0 N–H and O–H groups in total. The van der Waals surface area contributed by atoms with E-state index in [0.717, 1.165) is 55.7 Å². The van der Waals surface area contributed by atoms with Crippen LogP contribution in [0.15, 0.2) is 102 Å². The zero-order valence-electron chi connectivity index (χ0n) is 21.0. The summed E-state index contributed by atoms with van der Waals surface area (Å²) in [5.74, 6) is 0.866. The van der Waals surface area contributed by atoms with Crippen molar-refractivity contribution in [3.05, 3.63) is 114 Å². The Morgan fingerprint density at radius 2 is 1.46 bits per heavy atom. The second-order valence-corrected chi connectivity index (χ2v) is 9.72. The van der Waals surface area contributed by atoms with Gasteiger partial charge in [-0.2, -0.15) is 0 Å². The van der Waals surface area contributed by atoms with E-state index in [9.17, 15) is 0 Å². The highest BCUT2D eigenvalue weighted by atomic mass is 16.3. The first-order valence-electron chi connectivity index (χ1n) is 12.5. The number of para-hydroxylation sites is 2. The molecule has 0 spiro atoms. The molecule has 37 heavy (non-hydrogen) atoms. The number of nitrogens with zero attached hydrogens (tertiary/aromatic N) is 3. The molecule has 0 fully saturated rings. The second-order valence-electron chi connectivity index (χ2n) is 9.72. The molecule has 7 rings (SSSR count). The lowest BCUT2D eigenvalue weighted by Gasteiger charge is -2.16. The molecule has 7 aromatic rings. The van der Waals surface area contributed by atoms with E-state index in [2.05, 4.69) is 96.2 Å². The van der Waals surface area contributed by atoms with Gasteiger partial charge in [-0.25, -0.2) is 4.98 Å². The number of aromatic nitrogens is 3. The summed E-state index contributed by atoms with van der Waals surface area (Å²) in [4.78, 5) is 9.78. The number of furan rings is 1. The third-order valence-corrected chi connectivity index (χ3v) is 7.16. The normalized spacial score (nSPS) is 11.6. The Morgan fingerprint density at radius 1 is 0.703 bits per heavy atom. The molecule has 0 aliphatic rings. The van der Waals surface area contributed by atoms with E-state index in [4.69, 9.17) is 9.40 Å². The lowest BCUT2D eigenvalue weighted by atomic mass is 9.95. The monoisotopic (exact) mass is 479 g/mol. The summed E-state index contributed by atoms with van der Waals surface area (Å²) in [5, 5.41) is 2.12. The smallest absolute Gasteiger partial charge is 0.149 e. The molecule has 4 nitrogen and oxygen atoms in total. The summed E-state index contributed by atoms with van der Waals surface area (Å²) >= 11 is 0. The maximum Gasteiger partial charge on any atom is 0.149 e. The van der Waals surface area contributed by atoms with Gasteiger partial charge in [0.2, 0.25) is 0 Å². The van der Waals surface area contributed by atoms with Gasteiger partial charge >= 0.3 is 0 Å². The van der Waals surface area contributed by atoms with Gasteiger partial charge in [-0.1, -0.05) is 48.5 Å². The third-order valence-electron chi connectivity index (χ3n) is 7.16. The summed E-state index contributed by atoms with van der Waals surface area (Å²) in [5.41, 5.74) is 11.8. The van der Waals surface area contributed by atoms with Gasteiger partial charge in [-0.05, 0) is 79.4 Å². The summed E-state index contributed by atoms with van der Waals surface area (Å²) < 4.78 is 8.33. The van der Waals surface area contributed by atoms with E-state index in [1.807, 2.05) is 31.4 Å². The Morgan fingerprint density at radius 3 is 2.27 bits per heavy atom. The number of imidazole rings is 1. The number of hydrogen-bond donors (Lipinski definition) is 0. The van der Waals surface area contributed by atoms with Crippen LogP contribution in [-0.4, -0.2) is 14.5 Å². The zero-order chi connectivity index (χ0) is 25.1. The van der Waals surface area contributed by atoms with Crippen LogP contribution in [0.2, 0.25) is 0 Å². The molecule has 3 heterocycles. The van der Waals surface area contributed by atoms with Crippen molar-refractivity contribution in [3.63, 3.8) is 0 Å². The summed E-state index contributed by atoms with van der Waals surface area (Å²) in [7, 11) is 0. The standard InChI is InChI=1S/C33H25N3O/c1-20-15-25(16-21(2)32(20)23-9-5-4-6-10-23)36-30-12-8-7-11-28(30)35-33(36)27-19-37-31-18-29-24(17-26(27)31)14-13-22(3)34-29/h4-19H,1-3H3. The van der Waals surface area contributed by atoms with Crippen molar-refractivity contribution >= 4 is 32.9 Å². The maximum atomic E-state index is 6.07. The van der Waals surface area contributed by atoms with Gasteiger partial charge in [-0.3, -0.25) is 9.55 Å². The zero-order valence-corrected chi connectivity index (χ0v) is 21.0. The lowest BCUT2D eigenvalue weighted by Crippen LogP contribution is -2.00. The van der Waals surface area contributed by atoms with Crippen molar-refractivity contribution in [2.75, 3.05) is 0 Å². The largest absolute Gasteiger partial charge is 0.463 e. The molecular formula is C33H25N3O. The van der Waals surface area contributed by atoms with E-state index in [1.54, 1.807) is 0 Å². The Hall–Kier alpha value is -4.70. The van der Waals surface area contributed by atoms with Crippen molar-refractivity contribution in [2.24, 2.45) is 0 Å². The van der Waals surface area contributed by atoms with Crippen molar-refractivity contribution in [2.45, 2.75) is 20.8 Å². The fraction of sp³-hybridized carbons (Fsp3) is 0.0909. The van der Waals surface area contributed by atoms with Gasteiger partial charge in [0.1, 0.15) is 17.7 Å². The van der Waals surface area contributed by atoms with Crippen LogP contribution in [-0.2, 0) is 0 Å². The Labute approximate surface area is 214 Å². The first-order chi connectivity index (χ1) is 18.1. The molecule has 0 radical (unpaired) electrons. The molecule has 0 bridgehead atoms. The lowest BCUT2D eigenvalue weighted by molar-refractivity contribution is 0.617. The maximum absolute atomic E-state index is 6.07. The number of rotatable bonds is 3. The molecule has 178 valence electrons. The molecule has 0 aliphatic carbocycles. The topological polar surface area (TPSA) is 43.9 Å². The summed E-state index contributed by atoms with van der Waals surface area (Å²) in [6, 6.07) is 31.8. The van der Waals surface area contributed by atoms with Crippen molar-refractivity contribution in [1.82, 2.24) is 14.5 Å². The molecule has 0 saturated heterocycles. The van der Waals surface area contributed by atoms with Gasteiger partial charge in [0.15, 0.2) is 0 Å². The first kappa shape index (κ1) is 21.6. The minimum atomic E-state index is 0.811. The van der Waals surface area contributed by atoms with Gasteiger partial charge in [0, 0.05) is 28.2 Å². The Kier molecular flexibility index (Phi) is 4.76. The highest BCUT2D eigenvalue weighted by Gasteiger charge is 2.20. The van der Waals surface area contributed by atoms with Crippen LogP contribution in [0.1, 0.15) is 16.8 Å². The van der Waals surface area contributed by atoms with Crippen LogP contribution in [0.4, 0.5) is 0 Å². The fourth-order valence-corrected chi connectivity index (χ4v) is 5.52. The molecule has 0 unspecified atom stereocenters. The molecule has 0 atom stereocenters. The molecule has 0 saturated carbocycles. The fourth-order valence-electron chi connectivity index (χ4n) is 5.52. The van der Waals surface area contributed by atoms with E-state index in [-0.39, 0.29) is 0 Å². The molecule has 0 amide bonds. The molecule has 4 aromatic carbocycles. The first-order valence-corrected chi connectivity index (χ1v) is 12.5. The summed E-state index contributed by atoms with van der Waals surface area (Å²) in [6.45, 7) is 6.38. The highest BCUT2D eigenvalue weighted by molar-refractivity contribution is 6.02. The summed E-state index contributed by atoms with van der Waals surface area (Å²) in [6.07, 6.45) is 1.83. The SMILES string of the molecule is Cc1ccc2cc3c(-c4nc5ccccc5n4-c4cc(C)c(-c5ccccc5)c(C)c4)coc3cc2n1. The average molecular weight is 480 g/mol. The Bertz CT molecular complexity index is 1940. The number of hydrogen-bond acceptors (Lipinski definition) is 3. The highest BCUT2D eigenvalue weighted by Crippen LogP contribution is 2.37. The van der Waals surface area contributed by atoms with E-state index in [1.165, 1.54) is 22.3 Å². The quantitative estimate of drug-likeness (QED) is 0.255. The van der Waals surface area contributed by atoms with Crippen molar-refractivity contribution in [1.29, 1.82) is 0 Å². The predicted octanol–water partition coefficient (Wildman–Crippen LogP) is 8.58. The predicted molar refractivity (Wildman–Crippen MR) is 151 cm³/mol. The number of aryl methyl sites for hydroxylation is 3. The molecular weight excluding hydrogens is 454 g/mol. The molecule has 4 heteroatoms. The van der Waals surface area contributed by atoms with Crippen molar-refractivity contribution in [3.8, 4) is 28.2 Å². The van der Waals surface area contributed by atoms with Crippen LogP contribution in [0.5, 0.6) is 0 Å². The van der Waals surface area contributed by atoms with E-state index in [0.29, 0.717) is 0 Å². The van der Waals surface area contributed by atoms with Gasteiger partial charge < -0.3 is 4.42 Å². The number of fused-ring (bicyclic) bond motifs is 3. The van der Waals surface area contributed by atoms with E-state index < -0.39 is 0 Å². The average Bonchev–Trinajstić information content (AvgIpc) is 3.48. The van der Waals surface area contributed by atoms with Crippen LogP contribution in [0.3, 0.4) is 0 Å². The third kappa shape index (κ3) is 3.45. The second kappa shape index (κ2) is 8.17. The van der Waals surface area contributed by atoms with Crippen LogP contribution >= 0.6 is 0 Å². The number of pyridine rings is 1. The van der Waals surface area contributed by atoms with Gasteiger partial charge in [-0.15, -0.1) is 0 Å². The Balaban J connectivity index is 1.48. The van der Waals surface area contributed by atoms with Crippen LogP contribution < -0.4 is 0 Å². The van der Waals surface area contributed by atoms with Gasteiger partial charge in [0.25, 0.3) is 0 Å². The van der Waals surface area contributed by atoms with E-state index >= 15 is 0 Å². The molecule has 3 aromatic heterocycles. The minimum absolute atomic E-state index is 0.811. The molecule has 0 aliphatic heterocycles. The van der Waals surface area contributed by atoms with Gasteiger partial charge in [0.05, 0.1) is 22.1 Å². The minimum Gasteiger partial charge on any atom is -0.463 e. The van der Waals surface area contributed by atoms with Crippen LogP contribution in [0.25, 0.3) is 61.1 Å². The van der Waals surface area contributed by atoms with Crippen LogP contribution in [0, 0.1) is 20.8 Å². The van der Waals surface area contributed by atoms with Crippen molar-refractivity contribution < 1.29 is 4.42 Å².